The van der Waals surface area contributed by atoms with Gasteiger partial charge in [0.15, 0.2) is 0 Å². The zero-order chi connectivity index (χ0) is 14.6. The van der Waals surface area contributed by atoms with Gasteiger partial charge in [-0.3, -0.25) is 0 Å². The Hall–Kier alpha value is -1.26. The standard InChI is InChI=1S/C16H27NO3/c1-19-13-5-3-11-17(12-4-6-14-20-2)15-7-9-16(18)10-8-15/h7-10,18H,3-6,11-14H2,1-2H3. The van der Waals surface area contributed by atoms with Gasteiger partial charge in [0.2, 0.25) is 0 Å². The van der Waals surface area contributed by atoms with Gasteiger partial charge in [-0.05, 0) is 49.9 Å². The lowest BCUT2D eigenvalue weighted by atomic mass is 10.2. The summed E-state index contributed by atoms with van der Waals surface area (Å²) in [5.74, 6) is 0.312. The molecule has 1 aromatic carbocycles. The fourth-order valence-electron chi connectivity index (χ4n) is 2.13. The second-order valence-electron chi connectivity index (χ2n) is 4.90. The van der Waals surface area contributed by atoms with Crippen molar-refractivity contribution in [2.24, 2.45) is 0 Å². The van der Waals surface area contributed by atoms with E-state index in [-0.39, 0.29) is 0 Å². The molecule has 0 saturated carbocycles. The predicted octanol–water partition coefficient (Wildman–Crippen LogP) is 3.05. The van der Waals surface area contributed by atoms with Crippen molar-refractivity contribution in [3.8, 4) is 5.75 Å². The van der Waals surface area contributed by atoms with Gasteiger partial charge in [0.1, 0.15) is 5.75 Å². The zero-order valence-corrected chi connectivity index (χ0v) is 12.7. The molecule has 20 heavy (non-hydrogen) atoms. The van der Waals surface area contributed by atoms with Crippen LogP contribution in [0.1, 0.15) is 25.7 Å². The van der Waals surface area contributed by atoms with Crippen LogP contribution in [-0.4, -0.2) is 45.6 Å². The summed E-state index contributed by atoms with van der Waals surface area (Å²) in [6.07, 6.45) is 4.37. The number of unbranched alkanes of at least 4 members (excludes halogenated alkanes) is 2. The molecule has 1 N–H and O–H groups in total. The van der Waals surface area contributed by atoms with Crippen molar-refractivity contribution in [1.29, 1.82) is 0 Å². The molecule has 0 atom stereocenters. The van der Waals surface area contributed by atoms with Crippen LogP contribution in [0.3, 0.4) is 0 Å². The van der Waals surface area contributed by atoms with E-state index in [4.69, 9.17) is 9.47 Å². The maximum absolute atomic E-state index is 9.38. The highest BCUT2D eigenvalue weighted by Crippen LogP contribution is 2.19. The predicted molar refractivity (Wildman–Crippen MR) is 82.5 cm³/mol. The number of nitrogens with zero attached hydrogens (tertiary/aromatic N) is 1. The number of phenols is 1. The third kappa shape index (κ3) is 6.78. The van der Waals surface area contributed by atoms with E-state index in [0.717, 1.165) is 57.7 Å². The summed E-state index contributed by atoms with van der Waals surface area (Å²) >= 11 is 0. The van der Waals surface area contributed by atoms with Crippen LogP contribution in [0.5, 0.6) is 5.75 Å². The Morgan fingerprint density at radius 3 is 1.80 bits per heavy atom. The van der Waals surface area contributed by atoms with E-state index in [1.165, 1.54) is 0 Å². The second kappa shape index (κ2) is 10.5. The van der Waals surface area contributed by atoms with Crippen molar-refractivity contribution in [3.05, 3.63) is 24.3 Å². The Morgan fingerprint density at radius 1 is 0.850 bits per heavy atom. The number of hydrogen-bond donors (Lipinski definition) is 1. The Labute approximate surface area is 122 Å². The summed E-state index contributed by atoms with van der Waals surface area (Å²) in [6.45, 7) is 3.66. The van der Waals surface area contributed by atoms with Crippen LogP contribution in [0.25, 0.3) is 0 Å². The molecule has 4 heteroatoms. The molecule has 0 fully saturated rings. The first-order valence-electron chi connectivity index (χ1n) is 7.29. The summed E-state index contributed by atoms with van der Waals surface area (Å²) in [7, 11) is 3.48. The summed E-state index contributed by atoms with van der Waals surface area (Å²) in [5, 5.41) is 9.38. The van der Waals surface area contributed by atoms with E-state index in [1.807, 2.05) is 12.1 Å². The maximum Gasteiger partial charge on any atom is 0.115 e. The quantitative estimate of drug-likeness (QED) is 0.633. The molecular formula is C16H27NO3. The maximum atomic E-state index is 9.38. The molecule has 0 amide bonds. The fraction of sp³-hybridized carbons (Fsp3) is 0.625. The number of hydrogen-bond acceptors (Lipinski definition) is 4. The minimum absolute atomic E-state index is 0.312. The Morgan fingerprint density at radius 2 is 1.35 bits per heavy atom. The van der Waals surface area contributed by atoms with Crippen LogP contribution in [0, 0.1) is 0 Å². The first-order valence-corrected chi connectivity index (χ1v) is 7.29. The van der Waals surface area contributed by atoms with E-state index >= 15 is 0 Å². The lowest BCUT2D eigenvalue weighted by Gasteiger charge is -2.25. The molecule has 0 heterocycles. The zero-order valence-electron chi connectivity index (χ0n) is 12.7. The van der Waals surface area contributed by atoms with E-state index in [9.17, 15) is 5.11 Å². The van der Waals surface area contributed by atoms with Crippen LogP contribution < -0.4 is 4.90 Å². The molecule has 114 valence electrons. The lowest BCUT2D eigenvalue weighted by Crippen LogP contribution is -2.26. The first kappa shape index (κ1) is 16.8. The van der Waals surface area contributed by atoms with Gasteiger partial charge in [0.25, 0.3) is 0 Å². The third-order valence-corrected chi connectivity index (χ3v) is 3.27. The van der Waals surface area contributed by atoms with Gasteiger partial charge in [0, 0.05) is 46.2 Å². The van der Waals surface area contributed by atoms with E-state index < -0.39 is 0 Å². The molecule has 4 nitrogen and oxygen atoms in total. The summed E-state index contributed by atoms with van der Waals surface area (Å²) in [5.41, 5.74) is 1.16. The average molecular weight is 281 g/mol. The molecule has 0 aliphatic heterocycles. The smallest absolute Gasteiger partial charge is 0.115 e. The molecule has 1 rings (SSSR count). The monoisotopic (exact) mass is 281 g/mol. The number of ether oxygens (including phenoxy) is 2. The van der Waals surface area contributed by atoms with Crippen molar-refractivity contribution in [2.45, 2.75) is 25.7 Å². The first-order chi connectivity index (χ1) is 9.77. The molecule has 0 aromatic heterocycles. The van der Waals surface area contributed by atoms with Crippen molar-refractivity contribution in [1.82, 2.24) is 0 Å². The summed E-state index contributed by atoms with van der Waals surface area (Å²) in [4.78, 5) is 2.37. The molecular weight excluding hydrogens is 254 g/mol. The molecule has 0 saturated heterocycles. The molecule has 0 unspecified atom stereocenters. The SMILES string of the molecule is COCCCCN(CCCCOC)c1ccc(O)cc1. The van der Waals surface area contributed by atoms with Gasteiger partial charge in [-0.15, -0.1) is 0 Å². The van der Waals surface area contributed by atoms with Crippen LogP contribution >= 0.6 is 0 Å². The molecule has 0 spiro atoms. The van der Waals surface area contributed by atoms with Gasteiger partial charge in [-0.2, -0.15) is 0 Å². The molecule has 0 bridgehead atoms. The van der Waals surface area contributed by atoms with E-state index in [2.05, 4.69) is 4.90 Å². The minimum atomic E-state index is 0.312. The highest BCUT2D eigenvalue weighted by molar-refractivity contribution is 5.48. The fourth-order valence-corrected chi connectivity index (χ4v) is 2.13. The van der Waals surface area contributed by atoms with Crippen molar-refractivity contribution < 1.29 is 14.6 Å². The number of phenolic OH excluding ortho intramolecular Hbond substituents is 1. The molecule has 0 aliphatic rings. The normalized spacial score (nSPS) is 10.7. The highest BCUT2D eigenvalue weighted by atomic mass is 16.5. The van der Waals surface area contributed by atoms with Gasteiger partial charge in [0.05, 0.1) is 0 Å². The van der Waals surface area contributed by atoms with Crippen LogP contribution in [0.2, 0.25) is 0 Å². The van der Waals surface area contributed by atoms with Crippen molar-refractivity contribution >= 4 is 5.69 Å². The number of anilines is 1. The summed E-state index contributed by atoms with van der Waals surface area (Å²) in [6, 6.07) is 7.43. The second-order valence-corrected chi connectivity index (χ2v) is 4.90. The Balaban J connectivity index is 2.47. The largest absolute Gasteiger partial charge is 0.508 e. The molecule has 0 aliphatic carbocycles. The van der Waals surface area contributed by atoms with Crippen LogP contribution in [0.15, 0.2) is 24.3 Å². The van der Waals surface area contributed by atoms with Crippen LogP contribution in [0.4, 0.5) is 5.69 Å². The number of methoxy groups -OCH3 is 2. The van der Waals surface area contributed by atoms with E-state index in [1.54, 1.807) is 26.4 Å². The van der Waals surface area contributed by atoms with Gasteiger partial charge < -0.3 is 19.5 Å². The minimum Gasteiger partial charge on any atom is -0.508 e. The van der Waals surface area contributed by atoms with Gasteiger partial charge in [-0.25, -0.2) is 0 Å². The molecule has 0 radical (unpaired) electrons. The third-order valence-electron chi connectivity index (χ3n) is 3.27. The Bertz CT molecular complexity index is 328. The lowest BCUT2D eigenvalue weighted by molar-refractivity contribution is 0.191. The van der Waals surface area contributed by atoms with E-state index in [0.29, 0.717) is 5.75 Å². The van der Waals surface area contributed by atoms with Gasteiger partial charge >= 0.3 is 0 Å². The van der Waals surface area contributed by atoms with Gasteiger partial charge in [-0.1, -0.05) is 0 Å². The number of aromatic hydroxyl groups is 1. The summed E-state index contributed by atoms with van der Waals surface area (Å²) < 4.78 is 10.2. The van der Waals surface area contributed by atoms with Crippen LogP contribution in [-0.2, 0) is 9.47 Å². The number of rotatable bonds is 11. The van der Waals surface area contributed by atoms with Crippen molar-refractivity contribution in [3.63, 3.8) is 0 Å². The average Bonchev–Trinajstić information content (AvgIpc) is 2.47. The van der Waals surface area contributed by atoms with Crippen molar-refractivity contribution in [2.75, 3.05) is 45.4 Å². The topological polar surface area (TPSA) is 41.9 Å². The number of benzene rings is 1. The highest BCUT2D eigenvalue weighted by Gasteiger charge is 2.06. The molecule has 1 aromatic rings. The Kier molecular flexibility index (Phi) is 8.83.